The molecular weight excluding hydrogens is 310 g/mol. The number of carbonyl (C=O) groups is 1. The van der Waals surface area contributed by atoms with E-state index in [0.717, 1.165) is 16.9 Å². The van der Waals surface area contributed by atoms with Crippen LogP contribution < -0.4 is 14.8 Å². The Bertz CT molecular complexity index is 855. The highest BCUT2D eigenvalue weighted by molar-refractivity contribution is 5.94. The molecule has 0 atom stereocenters. The van der Waals surface area contributed by atoms with E-state index in [1.807, 2.05) is 24.3 Å². The van der Waals surface area contributed by atoms with E-state index in [1.165, 1.54) is 0 Å². The molecule has 4 rings (SSSR count). The standard InChI is InChI=1S/C17H15N3O4/c21-16(6-4-12-2-1-7-22-12)19-17-13(9-18-20-17)11-3-5-14-15(8-11)24-10-23-14/h1-3,5,7-9H,4,6,10H2,(H2,18,19,20,21). The van der Waals surface area contributed by atoms with E-state index >= 15 is 0 Å². The van der Waals surface area contributed by atoms with Crippen molar-refractivity contribution >= 4 is 11.7 Å². The number of benzene rings is 1. The van der Waals surface area contributed by atoms with Crippen LogP contribution in [0.5, 0.6) is 11.5 Å². The zero-order chi connectivity index (χ0) is 16.4. The number of nitrogens with one attached hydrogen (secondary N) is 2. The van der Waals surface area contributed by atoms with Crippen molar-refractivity contribution in [3.63, 3.8) is 0 Å². The summed E-state index contributed by atoms with van der Waals surface area (Å²) in [5.41, 5.74) is 1.67. The fourth-order valence-electron chi connectivity index (χ4n) is 2.56. The highest BCUT2D eigenvalue weighted by Crippen LogP contribution is 2.37. The maximum Gasteiger partial charge on any atom is 0.231 e. The number of furan rings is 1. The lowest BCUT2D eigenvalue weighted by Gasteiger charge is -2.06. The average Bonchev–Trinajstić information content (AvgIpc) is 3.33. The number of ether oxygens (including phenoxy) is 2. The predicted molar refractivity (Wildman–Crippen MR) is 85.8 cm³/mol. The molecule has 1 amide bonds. The Labute approximate surface area is 137 Å². The fraction of sp³-hybridized carbons (Fsp3) is 0.176. The first-order chi connectivity index (χ1) is 11.8. The van der Waals surface area contributed by atoms with Gasteiger partial charge in [-0.1, -0.05) is 6.07 Å². The molecule has 1 aliphatic rings. The normalized spacial score (nSPS) is 12.3. The van der Waals surface area contributed by atoms with Gasteiger partial charge in [0.25, 0.3) is 0 Å². The Morgan fingerprint density at radius 3 is 3.04 bits per heavy atom. The number of aromatic nitrogens is 2. The molecule has 7 nitrogen and oxygen atoms in total. The Hall–Kier alpha value is -3.22. The monoisotopic (exact) mass is 325 g/mol. The van der Waals surface area contributed by atoms with Gasteiger partial charge in [0.1, 0.15) is 11.6 Å². The van der Waals surface area contributed by atoms with E-state index in [-0.39, 0.29) is 12.7 Å². The van der Waals surface area contributed by atoms with E-state index in [9.17, 15) is 4.79 Å². The van der Waals surface area contributed by atoms with Crippen LogP contribution in [0.25, 0.3) is 11.1 Å². The summed E-state index contributed by atoms with van der Waals surface area (Å²) in [5.74, 6) is 2.62. The van der Waals surface area contributed by atoms with E-state index in [1.54, 1.807) is 18.5 Å². The first-order valence-corrected chi connectivity index (χ1v) is 7.55. The highest BCUT2D eigenvalue weighted by Gasteiger charge is 2.17. The molecule has 0 radical (unpaired) electrons. The summed E-state index contributed by atoms with van der Waals surface area (Å²) < 4.78 is 15.9. The number of aryl methyl sites for hydroxylation is 1. The van der Waals surface area contributed by atoms with Crippen LogP contribution in [0.3, 0.4) is 0 Å². The van der Waals surface area contributed by atoms with Crippen LogP contribution in [0.15, 0.2) is 47.2 Å². The number of fused-ring (bicyclic) bond motifs is 1. The topological polar surface area (TPSA) is 89.4 Å². The molecule has 122 valence electrons. The minimum Gasteiger partial charge on any atom is -0.469 e. The number of rotatable bonds is 5. The minimum atomic E-state index is -0.113. The summed E-state index contributed by atoms with van der Waals surface area (Å²) >= 11 is 0. The molecule has 3 aromatic rings. The maximum atomic E-state index is 12.1. The molecule has 0 bridgehead atoms. The number of amides is 1. The van der Waals surface area contributed by atoms with Crippen molar-refractivity contribution in [2.75, 3.05) is 12.1 Å². The van der Waals surface area contributed by atoms with E-state index in [0.29, 0.717) is 30.2 Å². The third-order valence-corrected chi connectivity index (χ3v) is 3.77. The van der Waals surface area contributed by atoms with Gasteiger partial charge >= 0.3 is 0 Å². The van der Waals surface area contributed by atoms with Crippen LogP contribution in [0.1, 0.15) is 12.2 Å². The van der Waals surface area contributed by atoms with Gasteiger partial charge in [0, 0.05) is 18.4 Å². The molecule has 7 heteroatoms. The summed E-state index contributed by atoms with van der Waals surface area (Å²) in [5, 5.41) is 9.69. The van der Waals surface area contributed by atoms with Crippen molar-refractivity contribution in [1.29, 1.82) is 0 Å². The lowest BCUT2D eigenvalue weighted by Crippen LogP contribution is -2.13. The minimum absolute atomic E-state index is 0.113. The molecule has 0 unspecified atom stereocenters. The molecule has 3 heterocycles. The SMILES string of the molecule is O=C(CCc1ccco1)Nc1[nH]ncc1-c1ccc2c(c1)OCO2. The lowest BCUT2D eigenvalue weighted by atomic mass is 10.1. The summed E-state index contributed by atoms with van der Waals surface area (Å²) in [7, 11) is 0. The summed E-state index contributed by atoms with van der Waals surface area (Å²) in [6.45, 7) is 0.223. The number of carbonyl (C=O) groups excluding carboxylic acids is 1. The first-order valence-electron chi connectivity index (χ1n) is 7.55. The molecule has 1 aromatic carbocycles. The van der Waals surface area contributed by atoms with E-state index in [4.69, 9.17) is 13.9 Å². The number of nitrogens with zero attached hydrogens (tertiary/aromatic N) is 1. The van der Waals surface area contributed by atoms with Crippen molar-refractivity contribution in [3.8, 4) is 22.6 Å². The highest BCUT2D eigenvalue weighted by atomic mass is 16.7. The number of hydrogen-bond acceptors (Lipinski definition) is 5. The van der Waals surface area contributed by atoms with E-state index < -0.39 is 0 Å². The summed E-state index contributed by atoms with van der Waals surface area (Å²) in [6, 6.07) is 9.26. The van der Waals surface area contributed by atoms with Gasteiger partial charge in [-0.2, -0.15) is 5.10 Å². The van der Waals surface area contributed by atoms with Crippen LogP contribution in [0.4, 0.5) is 5.82 Å². The Morgan fingerprint density at radius 1 is 1.25 bits per heavy atom. The van der Waals surface area contributed by atoms with Crippen LogP contribution in [-0.2, 0) is 11.2 Å². The van der Waals surface area contributed by atoms with Crippen LogP contribution in [0.2, 0.25) is 0 Å². The van der Waals surface area contributed by atoms with Gasteiger partial charge < -0.3 is 19.2 Å². The largest absolute Gasteiger partial charge is 0.469 e. The molecule has 0 fully saturated rings. The second-order valence-corrected chi connectivity index (χ2v) is 5.35. The average molecular weight is 325 g/mol. The lowest BCUT2D eigenvalue weighted by molar-refractivity contribution is -0.116. The molecule has 0 aliphatic carbocycles. The van der Waals surface area contributed by atoms with E-state index in [2.05, 4.69) is 15.5 Å². The third-order valence-electron chi connectivity index (χ3n) is 3.77. The zero-order valence-electron chi connectivity index (χ0n) is 12.7. The van der Waals surface area contributed by atoms with Crippen molar-refractivity contribution in [3.05, 3.63) is 48.6 Å². The summed E-state index contributed by atoms with van der Waals surface area (Å²) in [6.07, 6.45) is 4.14. The first kappa shape index (κ1) is 14.4. The molecule has 0 saturated heterocycles. The van der Waals surface area contributed by atoms with Gasteiger partial charge in [0.05, 0.1) is 12.5 Å². The maximum absolute atomic E-state index is 12.1. The molecule has 1 aliphatic heterocycles. The van der Waals surface area contributed by atoms with Gasteiger partial charge in [-0.15, -0.1) is 0 Å². The van der Waals surface area contributed by atoms with Crippen molar-refractivity contribution < 1.29 is 18.7 Å². The Morgan fingerprint density at radius 2 is 2.17 bits per heavy atom. The van der Waals surface area contributed by atoms with Gasteiger partial charge in [-0.25, -0.2) is 0 Å². The van der Waals surface area contributed by atoms with Crippen LogP contribution in [0, 0.1) is 0 Å². The van der Waals surface area contributed by atoms with Crippen molar-refractivity contribution in [2.45, 2.75) is 12.8 Å². The number of aromatic amines is 1. The number of H-pyrrole nitrogens is 1. The van der Waals surface area contributed by atoms with Gasteiger partial charge in [0.15, 0.2) is 11.5 Å². The second kappa shape index (κ2) is 6.11. The predicted octanol–water partition coefficient (Wildman–Crippen LogP) is 2.97. The fourth-order valence-corrected chi connectivity index (χ4v) is 2.56. The van der Waals surface area contributed by atoms with Gasteiger partial charge in [0.2, 0.25) is 12.7 Å². The molecule has 2 N–H and O–H groups in total. The van der Waals surface area contributed by atoms with Gasteiger partial charge in [-0.05, 0) is 29.8 Å². The number of anilines is 1. The molecule has 2 aromatic heterocycles. The van der Waals surface area contributed by atoms with Crippen molar-refractivity contribution in [2.24, 2.45) is 0 Å². The van der Waals surface area contributed by atoms with Gasteiger partial charge in [-0.3, -0.25) is 9.89 Å². The molecule has 0 saturated carbocycles. The molecule has 24 heavy (non-hydrogen) atoms. The van der Waals surface area contributed by atoms with Crippen LogP contribution in [-0.4, -0.2) is 22.9 Å². The zero-order valence-corrected chi connectivity index (χ0v) is 12.7. The Kier molecular flexibility index (Phi) is 3.66. The third kappa shape index (κ3) is 2.83. The van der Waals surface area contributed by atoms with Crippen LogP contribution >= 0.6 is 0 Å². The Balaban J connectivity index is 1.47. The summed E-state index contributed by atoms with van der Waals surface area (Å²) in [4.78, 5) is 12.1. The molecule has 0 spiro atoms. The molecular formula is C17H15N3O4. The second-order valence-electron chi connectivity index (χ2n) is 5.35. The smallest absolute Gasteiger partial charge is 0.231 e. The van der Waals surface area contributed by atoms with Crippen molar-refractivity contribution in [1.82, 2.24) is 10.2 Å². The quantitative estimate of drug-likeness (QED) is 0.753. The number of hydrogen-bond donors (Lipinski definition) is 2.